The van der Waals surface area contributed by atoms with Gasteiger partial charge in [-0.15, -0.1) is 0 Å². The van der Waals surface area contributed by atoms with Gasteiger partial charge < -0.3 is 0 Å². The first-order valence-corrected chi connectivity index (χ1v) is 8.14. The minimum Gasteiger partial charge on any atom is -0.290 e. The number of carbonyl (C=O) groups excluding carboxylic acids is 1. The summed E-state index contributed by atoms with van der Waals surface area (Å²) in [4.78, 5) is 24.2. The third kappa shape index (κ3) is 1.94. The van der Waals surface area contributed by atoms with Crippen LogP contribution in [0.4, 0.5) is 5.82 Å². The predicted molar refractivity (Wildman–Crippen MR) is 89.8 cm³/mol. The third-order valence-corrected chi connectivity index (χ3v) is 4.99. The normalized spacial score (nSPS) is 22.6. The van der Waals surface area contributed by atoms with Crippen molar-refractivity contribution in [3.05, 3.63) is 52.4 Å². The highest BCUT2D eigenvalue weighted by Gasteiger charge is 2.57. The van der Waals surface area contributed by atoms with Crippen molar-refractivity contribution in [1.29, 1.82) is 0 Å². The quantitative estimate of drug-likeness (QED) is 0.745. The number of anilines is 1. The first-order chi connectivity index (χ1) is 10.8. The van der Waals surface area contributed by atoms with E-state index in [1.165, 1.54) is 0 Å². The van der Waals surface area contributed by atoms with Gasteiger partial charge in [0.25, 0.3) is 0 Å². The summed E-state index contributed by atoms with van der Waals surface area (Å²) in [7, 11) is 0. The fourth-order valence-electron chi connectivity index (χ4n) is 3.83. The average molecular weight is 328 g/mol. The lowest BCUT2D eigenvalue weighted by atomic mass is 9.79. The van der Waals surface area contributed by atoms with Gasteiger partial charge in [0, 0.05) is 35.6 Å². The zero-order valence-corrected chi connectivity index (χ0v) is 14.2. The van der Waals surface area contributed by atoms with Crippen LogP contribution in [0.15, 0.2) is 30.6 Å². The molecule has 1 aliphatic carbocycles. The Labute approximate surface area is 140 Å². The van der Waals surface area contributed by atoms with Crippen molar-refractivity contribution in [2.45, 2.75) is 44.6 Å². The van der Waals surface area contributed by atoms with E-state index in [0.717, 1.165) is 22.6 Å². The summed E-state index contributed by atoms with van der Waals surface area (Å²) in [6, 6.07) is 5.87. The van der Waals surface area contributed by atoms with E-state index in [1.54, 1.807) is 12.4 Å². The van der Waals surface area contributed by atoms with Gasteiger partial charge in [0.2, 0.25) is 5.91 Å². The molecule has 4 nitrogen and oxygen atoms in total. The van der Waals surface area contributed by atoms with Crippen molar-refractivity contribution in [2.75, 3.05) is 4.90 Å². The highest BCUT2D eigenvalue weighted by atomic mass is 35.5. The van der Waals surface area contributed by atoms with Crippen LogP contribution in [0.2, 0.25) is 5.02 Å². The molecule has 1 unspecified atom stereocenters. The van der Waals surface area contributed by atoms with E-state index < -0.39 is 5.41 Å². The smallest absolute Gasteiger partial charge is 0.240 e. The Kier molecular flexibility index (Phi) is 2.89. The summed E-state index contributed by atoms with van der Waals surface area (Å²) >= 11 is 6.09. The van der Waals surface area contributed by atoms with Crippen LogP contribution in [0.25, 0.3) is 0 Å². The van der Waals surface area contributed by atoms with Gasteiger partial charge in [0.1, 0.15) is 5.82 Å². The predicted octanol–water partition coefficient (Wildman–Crippen LogP) is 3.31. The molecular formula is C18H18ClN3O. The Balaban J connectivity index is 1.90. The zero-order valence-electron chi connectivity index (χ0n) is 13.4. The number of halogens is 1. The summed E-state index contributed by atoms with van der Waals surface area (Å²) in [5.74, 6) is 0.900. The SMILES string of the molecule is CC(C)(C)N1C(=O)C2(Cc3cc(Cl)cnc3C2)c2cccnc21. The average Bonchev–Trinajstić information content (AvgIpc) is 2.96. The van der Waals surface area contributed by atoms with Crippen molar-refractivity contribution < 1.29 is 4.79 Å². The summed E-state index contributed by atoms with van der Waals surface area (Å²) in [6.45, 7) is 6.12. The summed E-state index contributed by atoms with van der Waals surface area (Å²) in [5, 5.41) is 0.616. The topological polar surface area (TPSA) is 46.1 Å². The van der Waals surface area contributed by atoms with Crippen molar-refractivity contribution in [3.63, 3.8) is 0 Å². The van der Waals surface area contributed by atoms with Crippen molar-refractivity contribution in [2.24, 2.45) is 0 Å². The van der Waals surface area contributed by atoms with Crippen LogP contribution in [0.1, 0.15) is 37.6 Å². The molecule has 0 N–H and O–H groups in total. The first-order valence-electron chi connectivity index (χ1n) is 7.76. The van der Waals surface area contributed by atoms with Crippen LogP contribution >= 0.6 is 11.6 Å². The van der Waals surface area contributed by atoms with E-state index in [9.17, 15) is 4.79 Å². The van der Waals surface area contributed by atoms with Gasteiger partial charge in [-0.2, -0.15) is 0 Å². The van der Waals surface area contributed by atoms with Gasteiger partial charge in [-0.3, -0.25) is 14.7 Å². The largest absolute Gasteiger partial charge is 0.290 e. The molecular weight excluding hydrogens is 310 g/mol. The standard InChI is InChI=1S/C18H18ClN3O/c1-17(2,3)22-15-13(5-4-6-20-15)18(16(22)23)8-11-7-12(19)10-21-14(11)9-18/h4-7,10H,8-9H2,1-3H3. The maximum Gasteiger partial charge on any atom is 0.240 e. The highest BCUT2D eigenvalue weighted by molar-refractivity contribution is 6.30. The zero-order chi connectivity index (χ0) is 16.4. The number of pyridine rings is 2. The minimum absolute atomic E-state index is 0.118. The maximum absolute atomic E-state index is 13.4. The number of rotatable bonds is 0. The second-order valence-corrected chi connectivity index (χ2v) is 7.82. The van der Waals surface area contributed by atoms with Gasteiger partial charge in [-0.1, -0.05) is 17.7 Å². The number of amides is 1. The van der Waals surface area contributed by atoms with E-state index >= 15 is 0 Å². The molecule has 0 fully saturated rings. The number of hydrogen-bond donors (Lipinski definition) is 0. The molecule has 0 radical (unpaired) electrons. The molecule has 5 heteroatoms. The molecule has 1 aliphatic heterocycles. The molecule has 0 saturated heterocycles. The van der Waals surface area contributed by atoms with Crippen molar-refractivity contribution in [3.8, 4) is 0 Å². The van der Waals surface area contributed by atoms with Crippen LogP contribution in [0.3, 0.4) is 0 Å². The fraction of sp³-hybridized carbons (Fsp3) is 0.389. The fourth-order valence-corrected chi connectivity index (χ4v) is 4.01. The van der Waals surface area contributed by atoms with Gasteiger partial charge in [0.05, 0.1) is 10.4 Å². The molecule has 1 atom stereocenters. The number of nitrogens with zero attached hydrogens (tertiary/aromatic N) is 3. The second-order valence-electron chi connectivity index (χ2n) is 7.38. The number of hydrogen-bond acceptors (Lipinski definition) is 3. The molecule has 2 aromatic heterocycles. The summed E-state index contributed by atoms with van der Waals surface area (Å²) in [5.41, 5.74) is 2.14. The lowest BCUT2D eigenvalue weighted by Crippen LogP contribution is -2.49. The molecule has 1 amide bonds. The minimum atomic E-state index is -0.586. The Morgan fingerprint density at radius 1 is 1.26 bits per heavy atom. The molecule has 23 heavy (non-hydrogen) atoms. The molecule has 0 bridgehead atoms. The molecule has 118 valence electrons. The Hall–Kier alpha value is -1.94. The highest BCUT2D eigenvalue weighted by Crippen LogP contribution is 2.50. The second kappa shape index (κ2) is 4.54. The molecule has 2 aliphatic rings. The van der Waals surface area contributed by atoms with Crippen molar-refractivity contribution >= 4 is 23.3 Å². The third-order valence-electron chi connectivity index (χ3n) is 4.79. The molecule has 3 heterocycles. The maximum atomic E-state index is 13.4. The van der Waals surface area contributed by atoms with Gasteiger partial charge in [-0.25, -0.2) is 4.98 Å². The van der Waals surface area contributed by atoms with E-state index in [2.05, 4.69) is 9.97 Å². The van der Waals surface area contributed by atoms with Crippen molar-refractivity contribution in [1.82, 2.24) is 9.97 Å². The van der Waals surface area contributed by atoms with Gasteiger partial charge in [-0.05, 0) is 44.9 Å². The monoisotopic (exact) mass is 327 g/mol. The van der Waals surface area contributed by atoms with Gasteiger partial charge >= 0.3 is 0 Å². The molecule has 4 rings (SSSR count). The Morgan fingerprint density at radius 2 is 2.04 bits per heavy atom. The van der Waals surface area contributed by atoms with E-state index in [-0.39, 0.29) is 11.4 Å². The van der Waals surface area contributed by atoms with E-state index in [4.69, 9.17) is 11.6 Å². The Morgan fingerprint density at radius 3 is 2.78 bits per heavy atom. The van der Waals surface area contributed by atoms with Crippen LogP contribution < -0.4 is 4.90 Å². The lowest BCUT2D eigenvalue weighted by Gasteiger charge is -2.33. The van der Waals surface area contributed by atoms with Crippen LogP contribution in [0, 0.1) is 0 Å². The van der Waals surface area contributed by atoms with Gasteiger partial charge in [0.15, 0.2) is 0 Å². The van der Waals surface area contributed by atoms with E-state index in [1.807, 2.05) is 43.9 Å². The number of carbonyl (C=O) groups is 1. The first kappa shape index (κ1) is 14.6. The number of fused-ring (bicyclic) bond motifs is 3. The Bertz CT molecular complexity index is 827. The summed E-state index contributed by atoms with van der Waals surface area (Å²) < 4.78 is 0. The van der Waals surface area contributed by atoms with Crippen LogP contribution in [-0.4, -0.2) is 21.4 Å². The molecule has 2 aromatic rings. The van der Waals surface area contributed by atoms with E-state index in [0.29, 0.717) is 17.9 Å². The van der Waals surface area contributed by atoms with Crippen LogP contribution in [0.5, 0.6) is 0 Å². The van der Waals surface area contributed by atoms with Crippen LogP contribution in [-0.2, 0) is 23.1 Å². The molecule has 0 aromatic carbocycles. The molecule has 0 saturated carbocycles. The summed E-state index contributed by atoms with van der Waals surface area (Å²) in [6.07, 6.45) is 4.66. The lowest BCUT2D eigenvalue weighted by molar-refractivity contribution is -0.123. The molecule has 1 spiro atoms. The number of aromatic nitrogens is 2.